The van der Waals surface area contributed by atoms with Crippen molar-refractivity contribution >= 4 is 5.97 Å². The molecule has 4 heteroatoms. The molecule has 0 saturated carbocycles. The minimum atomic E-state index is -0.548. The molecule has 4 nitrogen and oxygen atoms in total. The lowest BCUT2D eigenvalue weighted by atomic mass is 10.1. The summed E-state index contributed by atoms with van der Waals surface area (Å²) in [5.41, 5.74) is 0. The van der Waals surface area contributed by atoms with Gasteiger partial charge >= 0.3 is 5.97 Å². The van der Waals surface area contributed by atoms with Crippen LogP contribution in [0.2, 0.25) is 0 Å². The summed E-state index contributed by atoms with van der Waals surface area (Å²) in [6.07, 6.45) is 60.7. The molecule has 0 amide bonds. The topological polar surface area (TPSA) is 55.8 Å². The Bertz CT molecular complexity index is 923. The first-order valence-electron chi connectivity index (χ1n) is 21.2. The number of esters is 1. The van der Waals surface area contributed by atoms with Crippen molar-refractivity contribution in [2.45, 2.75) is 187 Å². The van der Waals surface area contributed by atoms with Crippen molar-refractivity contribution in [2.24, 2.45) is 0 Å². The van der Waals surface area contributed by atoms with Crippen molar-refractivity contribution in [2.75, 3.05) is 19.8 Å². The summed E-state index contributed by atoms with van der Waals surface area (Å²) in [6.45, 7) is 5.13. The Morgan fingerprint density at radius 2 is 0.882 bits per heavy atom. The van der Waals surface area contributed by atoms with Crippen LogP contribution >= 0.6 is 0 Å². The van der Waals surface area contributed by atoms with E-state index in [9.17, 15) is 9.90 Å². The number of ether oxygens (including phenoxy) is 2. The summed E-state index contributed by atoms with van der Waals surface area (Å²) in [5.74, 6) is -0.220. The number of unbranched alkanes of at least 4 members (excludes halogenated alkanes) is 16. The van der Waals surface area contributed by atoms with E-state index in [0.29, 0.717) is 13.0 Å². The van der Waals surface area contributed by atoms with Gasteiger partial charge in [0.05, 0.1) is 13.2 Å². The Morgan fingerprint density at radius 3 is 1.33 bits per heavy atom. The molecule has 0 fully saturated rings. The second-order valence-corrected chi connectivity index (χ2v) is 13.7. The normalized spacial score (nSPS) is 13.2. The largest absolute Gasteiger partial charge is 0.457 e. The highest BCUT2D eigenvalue weighted by molar-refractivity contribution is 5.69. The number of aliphatic hydroxyl groups is 1. The maximum atomic E-state index is 12.2. The van der Waals surface area contributed by atoms with Crippen LogP contribution in [0.15, 0.2) is 85.1 Å². The molecule has 0 aliphatic carbocycles. The van der Waals surface area contributed by atoms with Gasteiger partial charge in [0.25, 0.3) is 0 Å². The fourth-order valence-electron chi connectivity index (χ4n) is 5.57. The van der Waals surface area contributed by atoms with Crippen LogP contribution in [-0.4, -0.2) is 37.0 Å². The van der Waals surface area contributed by atoms with Crippen LogP contribution in [0.4, 0.5) is 0 Å². The van der Waals surface area contributed by atoms with Gasteiger partial charge in [0.15, 0.2) is 0 Å². The monoisotopic (exact) mass is 709 g/mol. The van der Waals surface area contributed by atoms with Gasteiger partial charge in [-0.25, -0.2) is 0 Å². The molecule has 0 aliphatic heterocycles. The van der Waals surface area contributed by atoms with Gasteiger partial charge in [-0.05, 0) is 83.5 Å². The fourth-order valence-corrected chi connectivity index (χ4v) is 5.57. The first kappa shape index (κ1) is 48.6. The van der Waals surface area contributed by atoms with Crippen LogP contribution in [0.3, 0.4) is 0 Å². The van der Waals surface area contributed by atoms with Gasteiger partial charge in [-0.1, -0.05) is 176 Å². The lowest BCUT2D eigenvalue weighted by Gasteiger charge is -2.15. The maximum absolute atomic E-state index is 12.2. The maximum Gasteiger partial charge on any atom is 0.306 e. The molecular formula is C47H80O4. The van der Waals surface area contributed by atoms with E-state index in [1.807, 2.05) is 0 Å². The average molecular weight is 709 g/mol. The van der Waals surface area contributed by atoms with Crippen molar-refractivity contribution in [1.82, 2.24) is 0 Å². The second kappa shape index (κ2) is 43.7. The molecule has 292 valence electrons. The molecule has 0 radical (unpaired) electrons. The van der Waals surface area contributed by atoms with E-state index in [1.165, 1.54) is 89.9 Å². The molecule has 1 atom stereocenters. The summed E-state index contributed by atoms with van der Waals surface area (Å²) < 4.78 is 11.1. The molecule has 0 rings (SSSR count). The van der Waals surface area contributed by atoms with E-state index in [-0.39, 0.29) is 19.2 Å². The number of carbonyl (C=O) groups excluding carboxylic acids is 1. The van der Waals surface area contributed by atoms with Crippen molar-refractivity contribution in [3.8, 4) is 0 Å². The van der Waals surface area contributed by atoms with E-state index in [4.69, 9.17) is 9.47 Å². The number of carbonyl (C=O) groups is 1. The summed E-state index contributed by atoms with van der Waals surface area (Å²) in [7, 11) is 0. The summed E-state index contributed by atoms with van der Waals surface area (Å²) in [6, 6.07) is 0. The Labute approximate surface area is 316 Å². The van der Waals surface area contributed by atoms with Gasteiger partial charge in [0, 0.05) is 13.0 Å². The Hall–Kier alpha value is -2.43. The van der Waals surface area contributed by atoms with Crippen molar-refractivity contribution in [3.63, 3.8) is 0 Å². The lowest BCUT2D eigenvalue weighted by molar-refractivity contribution is -0.154. The molecule has 51 heavy (non-hydrogen) atoms. The number of allylic oxidation sites excluding steroid dienone is 14. The van der Waals surface area contributed by atoms with Crippen LogP contribution in [0, 0.1) is 0 Å². The number of rotatable bonds is 38. The third kappa shape index (κ3) is 41.9. The SMILES string of the molecule is CC/C=C\C/C=C\C/C=C\C/C=C\C/C=C\CCCCCCCCCCCCOCC(CO)OC(=O)CCCCCCC/C=C\C/C=C\CCC. The van der Waals surface area contributed by atoms with Crippen LogP contribution in [0.5, 0.6) is 0 Å². The summed E-state index contributed by atoms with van der Waals surface area (Å²) in [4.78, 5) is 12.2. The predicted octanol–water partition coefficient (Wildman–Crippen LogP) is 14.0. The third-order valence-electron chi connectivity index (χ3n) is 8.69. The third-order valence-corrected chi connectivity index (χ3v) is 8.69. The molecule has 1 unspecified atom stereocenters. The highest BCUT2D eigenvalue weighted by Gasteiger charge is 2.13. The van der Waals surface area contributed by atoms with Crippen LogP contribution in [0.25, 0.3) is 0 Å². The Balaban J connectivity index is 3.47. The van der Waals surface area contributed by atoms with E-state index < -0.39 is 6.10 Å². The van der Waals surface area contributed by atoms with Crippen molar-refractivity contribution in [3.05, 3.63) is 85.1 Å². The van der Waals surface area contributed by atoms with Crippen molar-refractivity contribution < 1.29 is 19.4 Å². The van der Waals surface area contributed by atoms with Crippen LogP contribution in [0.1, 0.15) is 181 Å². The molecule has 0 aromatic rings. The molecular weight excluding hydrogens is 629 g/mol. The van der Waals surface area contributed by atoms with E-state index in [2.05, 4.69) is 98.9 Å². The molecule has 0 aromatic heterocycles. The zero-order valence-corrected chi connectivity index (χ0v) is 33.3. The molecule has 0 spiro atoms. The van der Waals surface area contributed by atoms with E-state index in [1.54, 1.807) is 0 Å². The Morgan fingerprint density at radius 1 is 0.490 bits per heavy atom. The Kier molecular flexibility index (Phi) is 41.6. The van der Waals surface area contributed by atoms with Crippen LogP contribution in [-0.2, 0) is 14.3 Å². The lowest BCUT2D eigenvalue weighted by Crippen LogP contribution is -2.27. The molecule has 0 aromatic carbocycles. The zero-order valence-electron chi connectivity index (χ0n) is 33.3. The van der Waals surface area contributed by atoms with Gasteiger partial charge in [-0.15, -0.1) is 0 Å². The van der Waals surface area contributed by atoms with Gasteiger partial charge in [-0.3, -0.25) is 4.79 Å². The van der Waals surface area contributed by atoms with Gasteiger partial charge in [0.1, 0.15) is 6.10 Å². The van der Waals surface area contributed by atoms with Gasteiger partial charge in [-0.2, -0.15) is 0 Å². The molecule has 0 bridgehead atoms. The van der Waals surface area contributed by atoms with Gasteiger partial charge in [0.2, 0.25) is 0 Å². The first-order chi connectivity index (χ1) is 25.2. The highest BCUT2D eigenvalue weighted by atomic mass is 16.6. The predicted molar refractivity (Wildman–Crippen MR) is 223 cm³/mol. The molecule has 0 saturated heterocycles. The van der Waals surface area contributed by atoms with E-state index in [0.717, 1.165) is 70.6 Å². The number of aliphatic hydroxyl groups excluding tert-OH is 1. The number of hydrogen-bond acceptors (Lipinski definition) is 4. The quantitative estimate of drug-likeness (QED) is 0.0394. The summed E-state index contributed by atoms with van der Waals surface area (Å²) in [5, 5.41) is 9.58. The minimum absolute atomic E-state index is 0.183. The smallest absolute Gasteiger partial charge is 0.306 e. The second-order valence-electron chi connectivity index (χ2n) is 13.7. The minimum Gasteiger partial charge on any atom is -0.457 e. The summed E-state index contributed by atoms with van der Waals surface area (Å²) >= 11 is 0. The number of hydrogen-bond donors (Lipinski definition) is 1. The fraction of sp³-hybridized carbons (Fsp3) is 0.681. The standard InChI is InChI=1S/C47H80O4/c1-3-5-7-9-11-13-15-17-18-19-20-21-22-23-24-25-26-27-28-29-31-33-35-37-39-41-43-50-45-46(44-48)51-47(49)42-40-38-36-34-32-30-16-14-12-10-8-6-4-2/h5,7-8,10-11,13-14,16-18,20-21,23-24,46,48H,3-4,6,9,12,15,19,22,25-45H2,1-2H3/b7-5-,10-8-,13-11-,16-14-,18-17-,21-20-,24-23-. The van der Waals surface area contributed by atoms with Crippen LogP contribution < -0.4 is 0 Å². The molecule has 1 N–H and O–H groups in total. The van der Waals surface area contributed by atoms with Gasteiger partial charge < -0.3 is 14.6 Å². The van der Waals surface area contributed by atoms with E-state index >= 15 is 0 Å². The zero-order chi connectivity index (χ0) is 37.0. The van der Waals surface area contributed by atoms with Crippen molar-refractivity contribution in [1.29, 1.82) is 0 Å². The molecule has 0 aliphatic rings. The molecule has 0 heterocycles. The highest BCUT2D eigenvalue weighted by Crippen LogP contribution is 2.13. The first-order valence-corrected chi connectivity index (χ1v) is 21.2. The average Bonchev–Trinajstić information content (AvgIpc) is 3.14.